The van der Waals surface area contributed by atoms with Gasteiger partial charge in [-0.15, -0.1) is 0 Å². The molecule has 1 aliphatic carbocycles. The molecule has 2 aliphatic rings. The third-order valence-electron chi connectivity index (χ3n) is 6.81. The van der Waals surface area contributed by atoms with Gasteiger partial charge in [0.2, 0.25) is 0 Å². The topological polar surface area (TPSA) is 51.8 Å². The number of nitrogens with one attached hydrogen (secondary N) is 1. The van der Waals surface area contributed by atoms with Gasteiger partial charge < -0.3 is 10.3 Å². The fourth-order valence-electron chi connectivity index (χ4n) is 4.94. The van der Waals surface area contributed by atoms with Crippen molar-refractivity contribution in [3.8, 4) is 0 Å². The Morgan fingerprint density at radius 1 is 1.23 bits per heavy atom. The minimum absolute atomic E-state index is 0.448. The molecule has 0 bridgehead atoms. The van der Waals surface area contributed by atoms with Gasteiger partial charge in [-0.3, -0.25) is 9.98 Å². The quantitative estimate of drug-likeness (QED) is 0.311. The summed E-state index contributed by atoms with van der Waals surface area (Å²) in [6, 6.07) is 0.648. The van der Waals surface area contributed by atoms with Crippen molar-refractivity contribution in [1.82, 2.24) is 4.90 Å². The Bertz CT molecular complexity index is 698. The van der Waals surface area contributed by atoms with Gasteiger partial charge >= 0.3 is 0 Å². The molecule has 166 valence electrons. The van der Waals surface area contributed by atoms with Crippen molar-refractivity contribution in [1.29, 1.82) is 5.41 Å². The van der Waals surface area contributed by atoms with Crippen LogP contribution in [0.5, 0.6) is 0 Å². The fraction of sp³-hybridized carbons (Fsp3) is 0.654. The molecule has 0 aromatic carbocycles. The maximum absolute atomic E-state index is 8.80. The smallest absolute Gasteiger partial charge is 0.0810 e. The highest BCUT2D eigenvalue weighted by molar-refractivity contribution is 6.02. The minimum Gasteiger partial charge on any atom is -0.303 e. The van der Waals surface area contributed by atoms with Crippen molar-refractivity contribution in [2.45, 2.75) is 84.1 Å². The maximum atomic E-state index is 8.80. The summed E-state index contributed by atoms with van der Waals surface area (Å²) >= 11 is 0. The van der Waals surface area contributed by atoms with Crippen LogP contribution in [0.4, 0.5) is 0 Å². The highest BCUT2D eigenvalue weighted by Crippen LogP contribution is 2.35. The van der Waals surface area contributed by atoms with Gasteiger partial charge in [0.05, 0.1) is 12.3 Å². The van der Waals surface area contributed by atoms with Crippen LogP contribution in [0.1, 0.15) is 78.1 Å². The molecule has 4 nitrogen and oxygen atoms in total. The van der Waals surface area contributed by atoms with E-state index in [1.54, 1.807) is 6.20 Å². The summed E-state index contributed by atoms with van der Waals surface area (Å²) in [7, 11) is 2.22. The number of nitrogens with zero attached hydrogens (tertiary/aromatic N) is 3. The lowest BCUT2D eigenvalue weighted by molar-refractivity contribution is 0.300. The molecule has 2 fully saturated rings. The summed E-state index contributed by atoms with van der Waals surface area (Å²) in [6.07, 6.45) is 15.2. The zero-order valence-corrected chi connectivity index (χ0v) is 19.6. The minimum atomic E-state index is 0.448. The number of likely N-dealkylation sites (tertiary alicyclic amines) is 1. The summed E-state index contributed by atoms with van der Waals surface area (Å²) in [5.74, 6) is 0.451. The third-order valence-corrected chi connectivity index (χ3v) is 6.81. The molecule has 1 saturated carbocycles. The monoisotopic (exact) mass is 410 g/mol. The van der Waals surface area contributed by atoms with Crippen LogP contribution in [0.25, 0.3) is 0 Å². The zero-order chi connectivity index (χ0) is 21.9. The van der Waals surface area contributed by atoms with Crippen molar-refractivity contribution in [2.24, 2.45) is 15.9 Å². The number of allylic oxidation sites excluding steroid dienone is 3. The van der Waals surface area contributed by atoms with Gasteiger partial charge in [0.15, 0.2) is 0 Å². The third kappa shape index (κ3) is 7.16. The summed E-state index contributed by atoms with van der Waals surface area (Å²) < 4.78 is 0. The fourth-order valence-corrected chi connectivity index (χ4v) is 4.94. The molecule has 2 atom stereocenters. The number of hydrogen-bond acceptors (Lipinski definition) is 4. The lowest BCUT2D eigenvalue weighted by Crippen LogP contribution is -2.25. The van der Waals surface area contributed by atoms with Crippen molar-refractivity contribution in [3.05, 3.63) is 35.6 Å². The normalized spacial score (nSPS) is 24.4. The molecule has 0 aromatic rings. The molecular weight excluding hydrogens is 368 g/mol. The second kappa shape index (κ2) is 12.8. The first-order valence-electron chi connectivity index (χ1n) is 11.8. The second-order valence-electron chi connectivity index (χ2n) is 8.97. The average Bonchev–Trinajstić information content (AvgIpc) is 3.15. The Balaban J connectivity index is 2.10. The predicted molar refractivity (Wildman–Crippen MR) is 132 cm³/mol. The van der Waals surface area contributed by atoms with Crippen LogP contribution in [-0.2, 0) is 0 Å². The lowest BCUT2D eigenvalue weighted by Gasteiger charge is -2.28. The molecule has 0 radical (unpaired) electrons. The summed E-state index contributed by atoms with van der Waals surface area (Å²) in [4.78, 5) is 11.2. The van der Waals surface area contributed by atoms with E-state index in [4.69, 9.17) is 10.4 Å². The Kier molecular flexibility index (Phi) is 10.4. The van der Waals surface area contributed by atoms with E-state index in [-0.39, 0.29) is 0 Å². The van der Waals surface area contributed by atoms with Crippen molar-refractivity contribution in [3.63, 3.8) is 0 Å². The highest BCUT2D eigenvalue weighted by atomic mass is 15.1. The van der Waals surface area contributed by atoms with Gasteiger partial charge in [0, 0.05) is 23.9 Å². The molecule has 1 saturated heterocycles. The van der Waals surface area contributed by atoms with Crippen molar-refractivity contribution >= 4 is 18.1 Å². The van der Waals surface area contributed by atoms with E-state index in [1.807, 2.05) is 6.08 Å². The van der Waals surface area contributed by atoms with Crippen molar-refractivity contribution in [2.75, 3.05) is 20.1 Å². The Labute approximate surface area is 184 Å². The average molecular weight is 411 g/mol. The van der Waals surface area contributed by atoms with E-state index in [0.29, 0.717) is 24.2 Å². The van der Waals surface area contributed by atoms with Crippen LogP contribution < -0.4 is 0 Å². The Morgan fingerprint density at radius 3 is 2.67 bits per heavy atom. The molecule has 0 unspecified atom stereocenters. The van der Waals surface area contributed by atoms with Crippen LogP contribution in [0, 0.1) is 11.3 Å². The summed E-state index contributed by atoms with van der Waals surface area (Å²) in [5.41, 5.74) is 5.62. The standard InChI is InChI=1S/C26H42N4/c1-6-10-25(21(3)24-13-8-7-11-20(24)2)26(27)19-29-22(16-17-28-4)14-15-23-12-9-18-30(23)5/h16-17,23-24,27H,2,4,6-15,18-19H2,1,3,5H3/b17-16?,25-21+,27-26?,29-22?/t23-,24-/m0/s1. The summed E-state index contributed by atoms with van der Waals surface area (Å²) in [5, 5.41) is 8.80. The van der Waals surface area contributed by atoms with Gasteiger partial charge in [-0.2, -0.15) is 0 Å². The van der Waals surface area contributed by atoms with E-state index in [0.717, 1.165) is 37.8 Å². The van der Waals surface area contributed by atoms with E-state index in [1.165, 1.54) is 55.4 Å². The molecule has 1 heterocycles. The number of hydrogen-bond donors (Lipinski definition) is 1. The number of aliphatic imine (C=N–C) groups is 2. The van der Waals surface area contributed by atoms with Gasteiger partial charge in [-0.25, -0.2) is 0 Å². The van der Waals surface area contributed by atoms with E-state index in [9.17, 15) is 0 Å². The Hall–Kier alpha value is -1.81. The van der Waals surface area contributed by atoms with E-state index in [2.05, 4.69) is 44.1 Å². The zero-order valence-electron chi connectivity index (χ0n) is 19.6. The van der Waals surface area contributed by atoms with Crippen LogP contribution >= 0.6 is 0 Å². The molecule has 0 spiro atoms. The largest absolute Gasteiger partial charge is 0.303 e. The summed E-state index contributed by atoms with van der Waals surface area (Å²) in [6.45, 7) is 14.0. The van der Waals surface area contributed by atoms with Gasteiger partial charge in [0.25, 0.3) is 0 Å². The molecule has 1 N–H and O–H groups in total. The molecule has 1 aliphatic heterocycles. The van der Waals surface area contributed by atoms with Crippen LogP contribution in [0.3, 0.4) is 0 Å². The van der Waals surface area contributed by atoms with Crippen LogP contribution in [0.15, 0.2) is 45.6 Å². The SMILES string of the molecule is C=NC=CC(CC[C@@H]1CCCN1C)=NCC(=N)/C(CCC)=C(\C)[C@H]1CCCCC1=C. The predicted octanol–water partition coefficient (Wildman–Crippen LogP) is 6.40. The van der Waals surface area contributed by atoms with Crippen LogP contribution in [0.2, 0.25) is 0 Å². The van der Waals surface area contributed by atoms with Gasteiger partial charge in [-0.05, 0) is 90.2 Å². The highest BCUT2D eigenvalue weighted by Gasteiger charge is 2.23. The Morgan fingerprint density at radius 2 is 2.03 bits per heavy atom. The van der Waals surface area contributed by atoms with Gasteiger partial charge in [0.1, 0.15) is 0 Å². The molecular formula is C26H42N4. The van der Waals surface area contributed by atoms with E-state index < -0.39 is 0 Å². The van der Waals surface area contributed by atoms with Gasteiger partial charge in [-0.1, -0.05) is 37.5 Å². The lowest BCUT2D eigenvalue weighted by atomic mass is 9.78. The first kappa shape index (κ1) is 24.5. The molecule has 4 heteroatoms. The second-order valence-corrected chi connectivity index (χ2v) is 8.97. The maximum Gasteiger partial charge on any atom is 0.0810 e. The molecule has 0 aromatic heterocycles. The molecule has 2 rings (SSSR count). The number of rotatable bonds is 11. The van der Waals surface area contributed by atoms with Crippen molar-refractivity contribution < 1.29 is 0 Å². The molecule has 0 amide bonds. The first-order valence-corrected chi connectivity index (χ1v) is 11.8. The first-order chi connectivity index (χ1) is 14.5. The molecule has 30 heavy (non-hydrogen) atoms. The van der Waals surface area contributed by atoms with Crippen LogP contribution in [-0.4, -0.2) is 49.2 Å². The van der Waals surface area contributed by atoms with E-state index >= 15 is 0 Å².